The smallest absolute Gasteiger partial charge is 0.319 e. The van der Waals surface area contributed by atoms with Crippen LogP contribution in [0.4, 0.5) is 0 Å². The van der Waals surface area contributed by atoms with Gasteiger partial charge < -0.3 is 18.9 Å². The molecule has 3 saturated carbocycles. The zero-order chi connectivity index (χ0) is 21.0. The van der Waals surface area contributed by atoms with E-state index in [0.717, 1.165) is 44.9 Å². The maximum atomic E-state index is 12.9. The van der Waals surface area contributed by atoms with Crippen molar-refractivity contribution in [2.24, 2.45) is 22.7 Å². The lowest BCUT2D eigenvalue weighted by molar-refractivity contribution is -0.185. The predicted octanol–water partition coefficient (Wildman–Crippen LogP) is 3.33. The molecule has 6 aliphatic rings. The van der Waals surface area contributed by atoms with Crippen molar-refractivity contribution in [3.8, 4) is 0 Å². The van der Waals surface area contributed by atoms with Crippen molar-refractivity contribution in [3.05, 3.63) is 11.6 Å². The van der Waals surface area contributed by atoms with Crippen LogP contribution in [0.5, 0.6) is 0 Å². The molecule has 4 aliphatic carbocycles. The van der Waals surface area contributed by atoms with Crippen LogP contribution in [0, 0.1) is 22.7 Å². The molecule has 1 unspecified atom stereocenters. The minimum atomic E-state index is -1.02. The first-order valence-corrected chi connectivity index (χ1v) is 11.6. The average molecular weight is 417 g/mol. The standard InChI is InChI=1S/C24H32O6/c1-15(25)23(19(26)27-3)9-6-17-16-4-8-21-14-22(28-12-13-29-22)10-11-24(21,30-21)18(16)5-7-20(17,23)2/h5,16-17H,4,6-14H2,1-3H3/t16-,17-,20-,21?,23+,24-/m0/s1. The molecule has 0 N–H and O–H groups in total. The van der Waals surface area contributed by atoms with Crippen molar-refractivity contribution in [1.29, 1.82) is 0 Å². The highest BCUT2D eigenvalue weighted by molar-refractivity contribution is 6.04. The van der Waals surface area contributed by atoms with Gasteiger partial charge in [0.25, 0.3) is 0 Å². The van der Waals surface area contributed by atoms with Crippen LogP contribution in [-0.4, -0.2) is 49.1 Å². The van der Waals surface area contributed by atoms with Gasteiger partial charge in [0, 0.05) is 12.8 Å². The van der Waals surface area contributed by atoms with E-state index in [-0.39, 0.29) is 28.4 Å². The van der Waals surface area contributed by atoms with Crippen LogP contribution in [-0.2, 0) is 28.5 Å². The molecule has 6 nitrogen and oxygen atoms in total. The summed E-state index contributed by atoms with van der Waals surface area (Å²) in [7, 11) is 1.41. The number of hydrogen-bond donors (Lipinski definition) is 0. The zero-order valence-electron chi connectivity index (χ0n) is 18.3. The summed E-state index contributed by atoms with van der Waals surface area (Å²) in [5, 5.41) is 0. The third kappa shape index (κ3) is 1.98. The van der Waals surface area contributed by atoms with Crippen LogP contribution in [0.2, 0.25) is 0 Å². The first-order chi connectivity index (χ1) is 14.3. The van der Waals surface area contributed by atoms with Gasteiger partial charge in [0.2, 0.25) is 0 Å². The minimum Gasteiger partial charge on any atom is -0.468 e. The molecule has 2 aliphatic heterocycles. The Morgan fingerprint density at radius 1 is 1.10 bits per heavy atom. The van der Waals surface area contributed by atoms with Crippen molar-refractivity contribution in [3.63, 3.8) is 0 Å². The third-order valence-corrected chi connectivity index (χ3v) is 10.0. The molecule has 0 amide bonds. The number of allylic oxidation sites excluding steroid dienone is 1. The van der Waals surface area contributed by atoms with E-state index >= 15 is 0 Å². The van der Waals surface area contributed by atoms with Crippen LogP contribution >= 0.6 is 0 Å². The van der Waals surface area contributed by atoms with Gasteiger partial charge in [-0.05, 0) is 68.3 Å². The number of carbonyl (C=O) groups excluding carboxylic acids is 2. The van der Waals surface area contributed by atoms with Gasteiger partial charge in [-0.15, -0.1) is 0 Å². The molecular formula is C24H32O6. The summed E-state index contributed by atoms with van der Waals surface area (Å²) >= 11 is 0. The van der Waals surface area contributed by atoms with Gasteiger partial charge in [-0.25, -0.2) is 0 Å². The molecule has 6 heteroatoms. The van der Waals surface area contributed by atoms with Crippen molar-refractivity contribution >= 4 is 11.8 Å². The van der Waals surface area contributed by atoms with Gasteiger partial charge in [0.15, 0.2) is 5.79 Å². The SMILES string of the molecule is COC(=O)[C@]1(C(C)=O)CC[C@H]2[C@@H]3CCC45CC6(CC[C@]4(O5)C3=CC[C@@]21C)OCCO6. The lowest BCUT2D eigenvalue weighted by Gasteiger charge is -2.52. The fourth-order valence-electron chi connectivity index (χ4n) is 8.60. The second-order valence-electron chi connectivity index (χ2n) is 10.7. The monoisotopic (exact) mass is 416 g/mol. The first kappa shape index (κ1) is 19.4. The molecule has 0 aromatic carbocycles. The Morgan fingerprint density at radius 3 is 2.57 bits per heavy atom. The molecule has 5 fully saturated rings. The number of ketones is 1. The number of hydrogen-bond acceptors (Lipinski definition) is 6. The second-order valence-corrected chi connectivity index (χ2v) is 10.7. The molecule has 1 spiro atoms. The summed E-state index contributed by atoms with van der Waals surface area (Å²) in [5.74, 6) is -0.148. The van der Waals surface area contributed by atoms with Gasteiger partial charge in [-0.2, -0.15) is 0 Å². The van der Waals surface area contributed by atoms with Crippen LogP contribution in [0.1, 0.15) is 65.2 Å². The number of ether oxygens (including phenoxy) is 4. The number of esters is 1. The fourth-order valence-corrected chi connectivity index (χ4v) is 8.60. The van der Waals surface area contributed by atoms with Crippen LogP contribution in [0.3, 0.4) is 0 Å². The first-order valence-electron chi connectivity index (χ1n) is 11.6. The summed E-state index contributed by atoms with van der Waals surface area (Å²) in [6.07, 6.45) is 9.24. The summed E-state index contributed by atoms with van der Waals surface area (Å²) in [5.41, 5.74) is -0.297. The molecule has 6 atom stereocenters. The van der Waals surface area contributed by atoms with Crippen molar-refractivity contribution in [1.82, 2.24) is 0 Å². The minimum absolute atomic E-state index is 0.0441. The number of fused-ring (bicyclic) bond motifs is 3. The second kappa shape index (κ2) is 5.76. The molecule has 2 saturated heterocycles. The third-order valence-electron chi connectivity index (χ3n) is 10.0. The summed E-state index contributed by atoms with van der Waals surface area (Å²) < 4.78 is 23.9. The summed E-state index contributed by atoms with van der Waals surface area (Å²) in [6, 6.07) is 0. The molecule has 164 valence electrons. The van der Waals surface area contributed by atoms with E-state index in [0.29, 0.717) is 31.5 Å². The van der Waals surface area contributed by atoms with Crippen molar-refractivity contribution < 1.29 is 28.5 Å². The fraction of sp³-hybridized carbons (Fsp3) is 0.833. The number of rotatable bonds is 2. The number of epoxide rings is 1. The Morgan fingerprint density at radius 2 is 1.87 bits per heavy atom. The molecule has 0 aromatic heterocycles. The lowest BCUT2D eigenvalue weighted by atomic mass is 9.50. The lowest BCUT2D eigenvalue weighted by Crippen LogP contribution is -2.55. The van der Waals surface area contributed by atoms with Gasteiger partial charge in [-0.3, -0.25) is 9.59 Å². The topological polar surface area (TPSA) is 74.4 Å². The van der Waals surface area contributed by atoms with E-state index < -0.39 is 11.2 Å². The molecule has 2 heterocycles. The van der Waals surface area contributed by atoms with E-state index in [9.17, 15) is 9.59 Å². The Hall–Kier alpha value is -1.24. The summed E-state index contributed by atoms with van der Waals surface area (Å²) in [6.45, 7) is 5.07. The maximum absolute atomic E-state index is 12.9. The highest BCUT2D eigenvalue weighted by Crippen LogP contribution is 2.75. The van der Waals surface area contributed by atoms with Gasteiger partial charge in [0.1, 0.15) is 22.4 Å². The van der Waals surface area contributed by atoms with Crippen LogP contribution < -0.4 is 0 Å². The summed E-state index contributed by atoms with van der Waals surface area (Å²) in [4.78, 5) is 25.8. The van der Waals surface area contributed by atoms with E-state index in [4.69, 9.17) is 18.9 Å². The highest BCUT2D eigenvalue weighted by Gasteiger charge is 2.80. The largest absolute Gasteiger partial charge is 0.468 e. The van der Waals surface area contributed by atoms with E-state index in [1.807, 2.05) is 0 Å². The Bertz CT molecular complexity index is 858. The number of Topliss-reactive ketones (excluding diaryl/α,β-unsaturated/α-hetero) is 1. The van der Waals surface area contributed by atoms with E-state index in [1.165, 1.54) is 12.7 Å². The molecule has 0 aromatic rings. The quantitative estimate of drug-likeness (QED) is 0.298. The number of methoxy groups -OCH3 is 1. The van der Waals surface area contributed by atoms with E-state index in [2.05, 4.69) is 13.0 Å². The van der Waals surface area contributed by atoms with Gasteiger partial charge in [0.05, 0.1) is 20.3 Å². The molecular weight excluding hydrogens is 384 g/mol. The predicted molar refractivity (Wildman–Crippen MR) is 106 cm³/mol. The van der Waals surface area contributed by atoms with Crippen molar-refractivity contribution in [2.45, 2.75) is 82.2 Å². The maximum Gasteiger partial charge on any atom is 0.319 e. The van der Waals surface area contributed by atoms with Crippen LogP contribution in [0.25, 0.3) is 0 Å². The Labute approximate surface area is 177 Å². The Balaban J connectivity index is 1.36. The van der Waals surface area contributed by atoms with Gasteiger partial charge in [-0.1, -0.05) is 13.0 Å². The average Bonchev–Trinajstić information content (AvgIpc) is 3.00. The molecule has 0 bridgehead atoms. The van der Waals surface area contributed by atoms with Crippen molar-refractivity contribution in [2.75, 3.05) is 20.3 Å². The number of carbonyl (C=O) groups is 2. The van der Waals surface area contributed by atoms with Crippen LogP contribution in [0.15, 0.2) is 11.6 Å². The highest BCUT2D eigenvalue weighted by atomic mass is 16.7. The van der Waals surface area contributed by atoms with E-state index in [1.54, 1.807) is 6.92 Å². The zero-order valence-corrected chi connectivity index (χ0v) is 18.3. The Kier molecular flexibility index (Phi) is 3.73. The molecule has 30 heavy (non-hydrogen) atoms. The van der Waals surface area contributed by atoms with Gasteiger partial charge >= 0.3 is 5.97 Å². The normalized spacial score (nSPS) is 50.0. The molecule has 0 radical (unpaired) electrons. The molecule has 6 rings (SSSR count).